The molecule has 0 saturated heterocycles. The molecular formula is C10H11BrF2N2O. The van der Waals surface area contributed by atoms with Gasteiger partial charge in [-0.15, -0.1) is 0 Å². The standard InChI is InChI=1S/C10H11BrF2N2O/c11-5-1-7(9(13)15-3-5)10(14,4-12)6-2-8(6)16/h1,3,6,8,16H,2,4,14H2/t6-,8+,10-/m0/s1. The molecule has 0 amide bonds. The van der Waals surface area contributed by atoms with Gasteiger partial charge in [0.25, 0.3) is 0 Å². The molecule has 1 aliphatic carbocycles. The summed E-state index contributed by atoms with van der Waals surface area (Å²) in [6.07, 6.45) is 1.02. The van der Waals surface area contributed by atoms with Crippen molar-refractivity contribution in [3.63, 3.8) is 0 Å². The average Bonchev–Trinajstić information content (AvgIpc) is 2.99. The highest BCUT2D eigenvalue weighted by atomic mass is 79.9. The molecule has 0 radical (unpaired) electrons. The quantitative estimate of drug-likeness (QED) is 0.830. The van der Waals surface area contributed by atoms with Gasteiger partial charge in [-0.25, -0.2) is 9.37 Å². The summed E-state index contributed by atoms with van der Waals surface area (Å²) in [6, 6.07) is 1.41. The fourth-order valence-corrected chi connectivity index (χ4v) is 2.19. The summed E-state index contributed by atoms with van der Waals surface area (Å²) < 4.78 is 27.1. The van der Waals surface area contributed by atoms with Gasteiger partial charge in [0.05, 0.1) is 11.6 Å². The monoisotopic (exact) mass is 292 g/mol. The van der Waals surface area contributed by atoms with Gasteiger partial charge in [0.15, 0.2) is 0 Å². The molecule has 3 atom stereocenters. The SMILES string of the molecule is N[C@](CF)(c1cc(Br)cnc1F)[C@H]1C[C@H]1O. The van der Waals surface area contributed by atoms with Gasteiger partial charge in [0.1, 0.15) is 6.67 Å². The second-order valence-electron chi connectivity index (χ2n) is 4.08. The molecule has 0 unspecified atom stereocenters. The minimum absolute atomic E-state index is 0.00549. The van der Waals surface area contributed by atoms with Crippen molar-refractivity contribution in [2.75, 3.05) is 6.67 Å². The summed E-state index contributed by atoms with van der Waals surface area (Å²) >= 11 is 3.13. The van der Waals surface area contributed by atoms with E-state index in [1.165, 1.54) is 12.3 Å². The van der Waals surface area contributed by atoms with Crippen LogP contribution in [-0.2, 0) is 5.54 Å². The highest BCUT2D eigenvalue weighted by molar-refractivity contribution is 9.10. The van der Waals surface area contributed by atoms with Crippen LogP contribution in [0.4, 0.5) is 8.78 Å². The topological polar surface area (TPSA) is 59.1 Å². The summed E-state index contributed by atoms with van der Waals surface area (Å²) in [5, 5.41) is 9.31. The number of nitrogens with zero attached hydrogens (tertiary/aromatic N) is 1. The van der Waals surface area contributed by atoms with Crippen molar-refractivity contribution in [1.82, 2.24) is 4.98 Å². The molecule has 3 nitrogen and oxygen atoms in total. The fourth-order valence-electron chi connectivity index (χ4n) is 1.86. The summed E-state index contributed by atoms with van der Waals surface area (Å²) in [6.45, 7) is -0.927. The number of nitrogens with two attached hydrogens (primary N) is 1. The van der Waals surface area contributed by atoms with E-state index in [2.05, 4.69) is 20.9 Å². The Kier molecular flexibility index (Phi) is 2.98. The van der Waals surface area contributed by atoms with E-state index < -0.39 is 30.2 Å². The van der Waals surface area contributed by atoms with E-state index in [9.17, 15) is 13.9 Å². The lowest BCUT2D eigenvalue weighted by Gasteiger charge is -2.26. The van der Waals surface area contributed by atoms with E-state index in [1.807, 2.05) is 0 Å². The maximum absolute atomic E-state index is 13.5. The van der Waals surface area contributed by atoms with Crippen LogP contribution in [0.15, 0.2) is 16.7 Å². The van der Waals surface area contributed by atoms with Crippen molar-refractivity contribution >= 4 is 15.9 Å². The normalized spacial score (nSPS) is 27.6. The van der Waals surface area contributed by atoms with Crippen LogP contribution in [0.3, 0.4) is 0 Å². The van der Waals surface area contributed by atoms with Crippen molar-refractivity contribution in [3.8, 4) is 0 Å². The predicted molar refractivity (Wildman–Crippen MR) is 57.8 cm³/mol. The van der Waals surface area contributed by atoms with Gasteiger partial charge in [-0.2, -0.15) is 4.39 Å². The number of aliphatic hydroxyl groups excluding tert-OH is 1. The largest absolute Gasteiger partial charge is 0.393 e. The van der Waals surface area contributed by atoms with Gasteiger partial charge >= 0.3 is 0 Å². The molecule has 3 N–H and O–H groups in total. The number of rotatable bonds is 3. The van der Waals surface area contributed by atoms with Crippen molar-refractivity contribution in [2.45, 2.75) is 18.1 Å². The summed E-state index contributed by atoms with van der Waals surface area (Å²) in [5.41, 5.74) is 4.37. The molecule has 0 aliphatic heterocycles. The van der Waals surface area contributed by atoms with Crippen LogP contribution in [-0.4, -0.2) is 22.9 Å². The third-order valence-corrected chi connectivity index (χ3v) is 3.38. The Hall–Kier alpha value is -0.590. The molecule has 1 saturated carbocycles. The number of aromatic nitrogens is 1. The van der Waals surface area contributed by atoms with Crippen LogP contribution < -0.4 is 5.73 Å². The van der Waals surface area contributed by atoms with Crippen LogP contribution >= 0.6 is 15.9 Å². The number of alkyl halides is 1. The number of aliphatic hydroxyl groups is 1. The lowest BCUT2D eigenvalue weighted by Crippen LogP contribution is -2.43. The highest BCUT2D eigenvalue weighted by Gasteiger charge is 2.52. The zero-order valence-corrected chi connectivity index (χ0v) is 9.92. The molecule has 1 aliphatic rings. The number of halogens is 3. The molecule has 1 aromatic heterocycles. The van der Waals surface area contributed by atoms with Crippen molar-refractivity contribution in [2.24, 2.45) is 11.7 Å². The molecule has 88 valence electrons. The van der Waals surface area contributed by atoms with Gasteiger partial charge in [0, 0.05) is 22.2 Å². The molecule has 1 heterocycles. The van der Waals surface area contributed by atoms with Gasteiger partial charge in [-0.3, -0.25) is 0 Å². The van der Waals surface area contributed by atoms with E-state index in [4.69, 9.17) is 5.73 Å². The first-order valence-electron chi connectivity index (χ1n) is 4.83. The number of hydrogen-bond donors (Lipinski definition) is 2. The Labute approximate surface area is 99.8 Å². The summed E-state index contributed by atoms with van der Waals surface area (Å²) in [4.78, 5) is 3.49. The third-order valence-electron chi connectivity index (χ3n) is 2.95. The second-order valence-corrected chi connectivity index (χ2v) is 4.99. The number of pyridine rings is 1. The van der Waals surface area contributed by atoms with Crippen molar-refractivity contribution < 1.29 is 13.9 Å². The van der Waals surface area contributed by atoms with Crippen LogP contribution in [0.1, 0.15) is 12.0 Å². The maximum Gasteiger partial charge on any atom is 0.218 e. The minimum Gasteiger partial charge on any atom is -0.393 e. The third kappa shape index (κ3) is 1.85. The van der Waals surface area contributed by atoms with E-state index >= 15 is 0 Å². The first kappa shape index (κ1) is 11.9. The Morgan fingerprint density at radius 1 is 1.69 bits per heavy atom. The van der Waals surface area contributed by atoms with Crippen LogP contribution in [0.5, 0.6) is 0 Å². The fraction of sp³-hybridized carbons (Fsp3) is 0.500. The van der Waals surface area contributed by atoms with Gasteiger partial charge in [0.2, 0.25) is 5.95 Å². The second kappa shape index (κ2) is 4.01. The molecule has 0 bridgehead atoms. The minimum atomic E-state index is -1.49. The molecule has 1 aromatic rings. The zero-order chi connectivity index (χ0) is 11.9. The predicted octanol–water partition coefficient (Wildman–Crippen LogP) is 1.49. The van der Waals surface area contributed by atoms with Gasteiger partial charge in [-0.05, 0) is 28.4 Å². The van der Waals surface area contributed by atoms with Crippen molar-refractivity contribution in [1.29, 1.82) is 0 Å². The zero-order valence-electron chi connectivity index (χ0n) is 8.33. The van der Waals surface area contributed by atoms with Gasteiger partial charge in [-0.1, -0.05) is 0 Å². The Morgan fingerprint density at radius 2 is 2.31 bits per heavy atom. The highest BCUT2D eigenvalue weighted by Crippen LogP contribution is 2.45. The lowest BCUT2D eigenvalue weighted by molar-refractivity contribution is 0.194. The Morgan fingerprint density at radius 3 is 2.81 bits per heavy atom. The number of hydrogen-bond acceptors (Lipinski definition) is 3. The van der Waals surface area contributed by atoms with E-state index in [-0.39, 0.29) is 5.56 Å². The maximum atomic E-state index is 13.5. The molecule has 6 heteroatoms. The van der Waals surface area contributed by atoms with Gasteiger partial charge < -0.3 is 10.8 Å². The molecule has 2 rings (SSSR count). The Balaban J connectivity index is 2.43. The molecular weight excluding hydrogens is 282 g/mol. The van der Waals surface area contributed by atoms with Crippen LogP contribution in [0.25, 0.3) is 0 Å². The smallest absolute Gasteiger partial charge is 0.218 e. The summed E-state index contributed by atoms with van der Waals surface area (Å²) in [7, 11) is 0. The van der Waals surface area contributed by atoms with Crippen molar-refractivity contribution in [3.05, 3.63) is 28.2 Å². The lowest BCUT2D eigenvalue weighted by atomic mass is 9.88. The first-order valence-corrected chi connectivity index (χ1v) is 5.62. The Bertz CT molecular complexity index is 418. The molecule has 0 aromatic carbocycles. The van der Waals surface area contributed by atoms with E-state index in [0.717, 1.165) is 0 Å². The van der Waals surface area contributed by atoms with Crippen LogP contribution in [0, 0.1) is 11.9 Å². The first-order chi connectivity index (χ1) is 7.49. The average molecular weight is 293 g/mol. The molecule has 1 fully saturated rings. The van der Waals surface area contributed by atoms with E-state index in [0.29, 0.717) is 10.9 Å². The molecule has 16 heavy (non-hydrogen) atoms. The molecule has 0 spiro atoms. The van der Waals surface area contributed by atoms with Crippen LogP contribution in [0.2, 0.25) is 0 Å². The van der Waals surface area contributed by atoms with E-state index in [1.54, 1.807) is 0 Å². The summed E-state index contributed by atoms with van der Waals surface area (Å²) in [5.74, 6) is -1.23.